The number of amides is 1. The number of anilines is 1. The van der Waals surface area contributed by atoms with Crippen molar-refractivity contribution >= 4 is 23.5 Å². The molecule has 7 nitrogen and oxygen atoms in total. The third-order valence-corrected chi connectivity index (χ3v) is 4.19. The van der Waals surface area contributed by atoms with E-state index in [1.54, 1.807) is 24.3 Å². The number of benzene rings is 2. The highest BCUT2D eigenvalue weighted by molar-refractivity contribution is 6.01. The van der Waals surface area contributed by atoms with Crippen molar-refractivity contribution in [1.82, 2.24) is 0 Å². The topological polar surface area (TPSA) is 90.9 Å². The van der Waals surface area contributed by atoms with Gasteiger partial charge in [-0.1, -0.05) is 32.0 Å². The quantitative estimate of drug-likeness (QED) is 0.684. The molecule has 154 valence electrons. The van der Waals surface area contributed by atoms with Crippen molar-refractivity contribution in [3.8, 4) is 5.75 Å². The van der Waals surface area contributed by atoms with Crippen LogP contribution in [0.3, 0.4) is 0 Å². The summed E-state index contributed by atoms with van der Waals surface area (Å²) in [6.45, 7) is 5.39. The molecule has 2 aromatic rings. The Bertz CT molecular complexity index is 891. The van der Waals surface area contributed by atoms with Gasteiger partial charge in [0.25, 0.3) is 5.91 Å². The van der Waals surface area contributed by atoms with Crippen LogP contribution in [0, 0.1) is 6.92 Å². The summed E-state index contributed by atoms with van der Waals surface area (Å²) in [6, 6.07) is 12.0. The number of nitrogens with one attached hydrogen (secondary N) is 1. The highest BCUT2D eigenvalue weighted by atomic mass is 16.6. The second kappa shape index (κ2) is 10.3. The molecule has 1 amide bonds. The second-order valence-electron chi connectivity index (χ2n) is 6.71. The summed E-state index contributed by atoms with van der Waals surface area (Å²) < 4.78 is 15.0. The van der Waals surface area contributed by atoms with Gasteiger partial charge >= 0.3 is 11.9 Å². The maximum Gasteiger partial charge on any atom is 0.344 e. The molecular weight excluding hydrogens is 374 g/mol. The van der Waals surface area contributed by atoms with E-state index in [4.69, 9.17) is 9.47 Å². The largest absolute Gasteiger partial charge is 0.482 e. The Balaban J connectivity index is 1.83. The Hall–Kier alpha value is -3.35. The van der Waals surface area contributed by atoms with Crippen molar-refractivity contribution in [3.63, 3.8) is 0 Å². The van der Waals surface area contributed by atoms with E-state index < -0.39 is 24.5 Å². The minimum Gasteiger partial charge on any atom is -0.482 e. The number of carbonyl (C=O) groups excluding carboxylic acids is 3. The predicted molar refractivity (Wildman–Crippen MR) is 108 cm³/mol. The maximum absolute atomic E-state index is 12.0. The SMILES string of the molecule is COC(=O)c1ccccc1NC(=O)COC(=O)COc1ccc(C(C)C)c(C)c1. The lowest BCUT2D eigenvalue weighted by Gasteiger charge is -2.12. The second-order valence-corrected chi connectivity index (χ2v) is 6.71. The number of rotatable bonds is 8. The van der Waals surface area contributed by atoms with E-state index in [-0.39, 0.29) is 17.9 Å². The maximum atomic E-state index is 12.0. The van der Waals surface area contributed by atoms with Crippen LogP contribution in [0.15, 0.2) is 42.5 Å². The summed E-state index contributed by atoms with van der Waals surface area (Å²) >= 11 is 0. The predicted octanol–water partition coefficient (Wildman–Crippen LogP) is 3.47. The van der Waals surface area contributed by atoms with E-state index >= 15 is 0 Å². The number of para-hydroxylation sites is 1. The molecule has 1 N–H and O–H groups in total. The van der Waals surface area contributed by atoms with Gasteiger partial charge in [-0.25, -0.2) is 9.59 Å². The summed E-state index contributed by atoms with van der Waals surface area (Å²) in [6.07, 6.45) is 0. The van der Waals surface area contributed by atoms with Crippen LogP contribution in [0.25, 0.3) is 0 Å². The molecule has 0 fully saturated rings. The van der Waals surface area contributed by atoms with E-state index in [9.17, 15) is 14.4 Å². The average Bonchev–Trinajstić information content (AvgIpc) is 2.70. The Morgan fingerprint density at radius 3 is 2.41 bits per heavy atom. The molecule has 0 radical (unpaired) electrons. The van der Waals surface area contributed by atoms with Gasteiger partial charge in [0.05, 0.1) is 18.4 Å². The Morgan fingerprint density at radius 1 is 1.03 bits per heavy atom. The molecule has 0 saturated heterocycles. The van der Waals surface area contributed by atoms with Crippen LogP contribution in [0.1, 0.15) is 41.3 Å². The molecule has 0 atom stereocenters. The van der Waals surface area contributed by atoms with Crippen molar-refractivity contribution in [3.05, 3.63) is 59.2 Å². The van der Waals surface area contributed by atoms with Crippen LogP contribution < -0.4 is 10.1 Å². The van der Waals surface area contributed by atoms with Crippen molar-refractivity contribution in [2.45, 2.75) is 26.7 Å². The number of carbonyl (C=O) groups is 3. The molecule has 0 aliphatic rings. The standard InChI is InChI=1S/C22H25NO6/c1-14(2)17-10-9-16(11-15(17)3)28-13-21(25)29-12-20(24)23-19-8-6-5-7-18(19)22(26)27-4/h5-11,14H,12-13H2,1-4H3,(H,23,24). The highest BCUT2D eigenvalue weighted by Gasteiger charge is 2.15. The van der Waals surface area contributed by atoms with Crippen LogP contribution >= 0.6 is 0 Å². The minimum absolute atomic E-state index is 0.207. The molecule has 29 heavy (non-hydrogen) atoms. The molecular formula is C22H25NO6. The fourth-order valence-electron chi connectivity index (χ4n) is 2.78. The van der Waals surface area contributed by atoms with Gasteiger partial charge in [-0.15, -0.1) is 0 Å². The molecule has 0 aromatic heterocycles. The highest BCUT2D eigenvalue weighted by Crippen LogP contribution is 2.23. The van der Waals surface area contributed by atoms with Gasteiger partial charge in [0.15, 0.2) is 13.2 Å². The van der Waals surface area contributed by atoms with E-state index in [1.807, 2.05) is 19.1 Å². The molecule has 2 aromatic carbocycles. The first kappa shape index (κ1) is 21.9. The van der Waals surface area contributed by atoms with E-state index in [0.29, 0.717) is 11.7 Å². The van der Waals surface area contributed by atoms with Gasteiger partial charge in [-0.05, 0) is 48.2 Å². The van der Waals surface area contributed by atoms with Gasteiger partial charge in [0, 0.05) is 0 Å². The fourth-order valence-corrected chi connectivity index (χ4v) is 2.78. The molecule has 7 heteroatoms. The molecule has 0 spiro atoms. The zero-order chi connectivity index (χ0) is 21.4. The summed E-state index contributed by atoms with van der Waals surface area (Å²) in [7, 11) is 1.25. The van der Waals surface area contributed by atoms with Gasteiger partial charge < -0.3 is 19.5 Å². The molecule has 0 aliphatic heterocycles. The lowest BCUT2D eigenvalue weighted by atomic mass is 9.98. The van der Waals surface area contributed by atoms with Crippen LogP contribution in [0.5, 0.6) is 5.75 Å². The summed E-state index contributed by atoms with van der Waals surface area (Å²) in [5, 5.41) is 2.52. The van der Waals surface area contributed by atoms with E-state index in [2.05, 4.69) is 23.9 Å². The number of esters is 2. The summed E-state index contributed by atoms with van der Waals surface area (Å²) in [5.41, 5.74) is 2.77. The number of hydrogen-bond donors (Lipinski definition) is 1. The fraction of sp³-hybridized carbons (Fsp3) is 0.318. The van der Waals surface area contributed by atoms with Gasteiger partial charge in [-0.3, -0.25) is 4.79 Å². The molecule has 0 heterocycles. The Kier molecular flexibility index (Phi) is 7.77. The lowest BCUT2D eigenvalue weighted by molar-refractivity contribution is -0.149. The molecule has 0 aliphatic carbocycles. The first-order valence-electron chi connectivity index (χ1n) is 9.18. The van der Waals surface area contributed by atoms with Crippen molar-refractivity contribution in [2.75, 3.05) is 25.6 Å². The number of methoxy groups -OCH3 is 1. The average molecular weight is 399 g/mol. The monoisotopic (exact) mass is 399 g/mol. The first-order valence-corrected chi connectivity index (χ1v) is 9.18. The molecule has 0 unspecified atom stereocenters. The Labute approximate surface area is 170 Å². The number of hydrogen-bond acceptors (Lipinski definition) is 6. The zero-order valence-electron chi connectivity index (χ0n) is 17.0. The lowest BCUT2D eigenvalue weighted by Crippen LogP contribution is -2.24. The van der Waals surface area contributed by atoms with Crippen LogP contribution in [-0.2, 0) is 19.1 Å². The van der Waals surface area contributed by atoms with Gasteiger partial charge in [0.1, 0.15) is 5.75 Å². The zero-order valence-corrected chi connectivity index (χ0v) is 17.0. The smallest absolute Gasteiger partial charge is 0.344 e. The molecule has 0 saturated carbocycles. The van der Waals surface area contributed by atoms with Crippen LogP contribution in [-0.4, -0.2) is 38.2 Å². The van der Waals surface area contributed by atoms with Crippen molar-refractivity contribution in [1.29, 1.82) is 0 Å². The van der Waals surface area contributed by atoms with Crippen molar-refractivity contribution in [2.24, 2.45) is 0 Å². The van der Waals surface area contributed by atoms with E-state index in [1.165, 1.54) is 18.7 Å². The molecule has 0 bridgehead atoms. The number of aryl methyl sites for hydroxylation is 1. The third kappa shape index (κ3) is 6.34. The minimum atomic E-state index is -0.674. The van der Waals surface area contributed by atoms with Gasteiger partial charge in [0.2, 0.25) is 0 Å². The molecule has 2 rings (SSSR count). The Morgan fingerprint density at radius 2 is 1.76 bits per heavy atom. The number of ether oxygens (including phenoxy) is 3. The summed E-state index contributed by atoms with van der Waals surface area (Å²) in [4.78, 5) is 35.6. The van der Waals surface area contributed by atoms with Crippen molar-refractivity contribution < 1.29 is 28.6 Å². The summed E-state index contributed by atoms with van der Waals surface area (Å²) in [5.74, 6) is -0.874. The van der Waals surface area contributed by atoms with E-state index in [0.717, 1.165) is 5.56 Å². The van der Waals surface area contributed by atoms with Crippen LogP contribution in [0.4, 0.5) is 5.69 Å². The third-order valence-electron chi connectivity index (χ3n) is 4.19. The first-order chi connectivity index (χ1) is 13.8. The normalized spacial score (nSPS) is 10.4. The van der Waals surface area contributed by atoms with Gasteiger partial charge in [-0.2, -0.15) is 0 Å². The van der Waals surface area contributed by atoms with Crippen LogP contribution in [0.2, 0.25) is 0 Å².